The summed E-state index contributed by atoms with van der Waals surface area (Å²) < 4.78 is 5.48. The summed E-state index contributed by atoms with van der Waals surface area (Å²) >= 11 is 0. The van der Waals surface area contributed by atoms with Gasteiger partial charge in [-0.3, -0.25) is 4.79 Å². The van der Waals surface area contributed by atoms with E-state index in [1.807, 2.05) is 13.8 Å². The molecule has 0 aliphatic heterocycles. The van der Waals surface area contributed by atoms with Crippen LogP contribution in [-0.4, -0.2) is 11.9 Å². The zero-order valence-corrected chi connectivity index (χ0v) is 9.41. The minimum absolute atomic E-state index is 0.0221. The number of carbonyl (C=O) groups excluding carboxylic acids is 1. The van der Waals surface area contributed by atoms with E-state index >= 15 is 0 Å². The Kier molecular flexibility index (Phi) is 3.67. The number of carbonyl (C=O) groups is 1. The van der Waals surface area contributed by atoms with Gasteiger partial charge in [0.15, 0.2) is 5.78 Å². The summed E-state index contributed by atoms with van der Waals surface area (Å²) in [5, 5.41) is 0. The molecule has 0 aliphatic rings. The molecule has 0 saturated heterocycles. The first-order valence-corrected chi connectivity index (χ1v) is 4.97. The second-order valence-corrected chi connectivity index (χ2v) is 3.80. The number of benzene rings is 1. The van der Waals surface area contributed by atoms with E-state index in [-0.39, 0.29) is 11.9 Å². The van der Waals surface area contributed by atoms with Gasteiger partial charge in [0.25, 0.3) is 0 Å². The van der Waals surface area contributed by atoms with Crippen molar-refractivity contribution in [2.75, 3.05) is 0 Å². The molecule has 0 saturated carbocycles. The molecule has 80 valence electrons. The maximum Gasteiger partial charge on any atom is 0.188 e. The summed E-state index contributed by atoms with van der Waals surface area (Å²) in [6, 6.07) is 7.12. The van der Waals surface area contributed by atoms with Crippen LogP contribution in [0.4, 0.5) is 0 Å². The molecule has 0 aromatic heterocycles. The predicted molar refractivity (Wildman–Crippen MR) is 61.4 cm³/mol. The van der Waals surface area contributed by atoms with Crippen LogP contribution < -0.4 is 4.74 Å². The molecule has 2 heteroatoms. The summed E-state index contributed by atoms with van der Waals surface area (Å²) in [7, 11) is 0. The predicted octanol–water partition coefficient (Wildman–Crippen LogP) is 3.23. The van der Waals surface area contributed by atoms with Crippen molar-refractivity contribution in [2.45, 2.75) is 26.9 Å². The molecule has 1 rings (SSSR count). The molecule has 0 fully saturated rings. The first-order chi connectivity index (χ1) is 7.00. The topological polar surface area (TPSA) is 26.3 Å². The van der Waals surface area contributed by atoms with Gasteiger partial charge in [0.1, 0.15) is 5.75 Å². The highest BCUT2D eigenvalue weighted by molar-refractivity contribution is 6.07. The molecule has 1 aromatic carbocycles. The van der Waals surface area contributed by atoms with Crippen molar-refractivity contribution < 1.29 is 9.53 Å². The zero-order valence-electron chi connectivity index (χ0n) is 9.41. The first-order valence-electron chi connectivity index (χ1n) is 4.97. The van der Waals surface area contributed by atoms with E-state index < -0.39 is 0 Å². The Morgan fingerprint density at radius 2 is 1.80 bits per heavy atom. The van der Waals surface area contributed by atoms with E-state index in [9.17, 15) is 4.79 Å². The van der Waals surface area contributed by atoms with Crippen molar-refractivity contribution >= 4 is 5.78 Å². The van der Waals surface area contributed by atoms with Crippen molar-refractivity contribution in [1.82, 2.24) is 0 Å². The lowest BCUT2D eigenvalue weighted by atomic mass is 10.1. The number of ketones is 1. The minimum Gasteiger partial charge on any atom is -0.491 e. The fraction of sp³-hybridized carbons (Fsp3) is 0.308. The molecular formula is C13H16O2. The molecule has 1 aromatic rings. The van der Waals surface area contributed by atoms with Gasteiger partial charge in [-0.1, -0.05) is 6.58 Å². The fourth-order valence-electron chi connectivity index (χ4n) is 1.20. The van der Waals surface area contributed by atoms with Gasteiger partial charge in [-0.25, -0.2) is 0 Å². The third-order valence-electron chi connectivity index (χ3n) is 1.88. The highest BCUT2D eigenvalue weighted by Crippen LogP contribution is 2.15. The lowest BCUT2D eigenvalue weighted by Gasteiger charge is -2.09. The van der Waals surface area contributed by atoms with Gasteiger partial charge < -0.3 is 4.74 Å². The Labute approximate surface area is 90.6 Å². The summed E-state index contributed by atoms with van der Waals surface area (Å²) in [5.74, 6) is 0.759. The van der Waals surface area contributed by atoms with Crippen LogP contribution in [0.1, 0.15) is 31.1 Å². The number of hydrogen-bond donors (Lipinski definition) is 0. The maximum atomic E-state index is 11.5. The summed E-state index contributed by atoms with van der Waals surface area (Å²) in [4.78, 5) is 11.5. The molecule has 0 spiro atoms. The van der Waals surface area contributed by atoms with E-state index in [4.69, 9.17) is 4.74 Å². The van der Waals surface area contributed by atoms with Crippen molar-refractivity contribution in [3.8, 4) is 5.75 Å². The third-order valence-corrected chi connectivity index (χ3v) is 1.88. The van der Waals surface area contributed by atoms with E-state index in [2.05, 4.69) is 6.58 Å². The van der Waals surface area contributed by atoms with E-state index in [0.29, 0.717) is 11.1 Å². The van der Waals surface area contributed by atoms with Crippen molar-refractivity contribution in [3.63, 3.8) is 0 Å². The molecule has 0 unspecified atom stereocenters. The van der Waals surface area contributed by atoms with Crippen molar-refractivity contribution in [3.05, 3.63) is 42.0 Å². The van der Waals surface area contributed by atoms with Crippen LogP contribution in [-0.2, 0) is 0 Å². The maximum absolute atomic E-state index is 11.5. The average molecular weight is 204 g/mol. The lowest BCUT2D eigenvalue weighted by Crippen LogP contribution is -2.06. The Bertz CT molecular complexity index is 361. The first kappa shape index (κ1) is 11.5. The van der Waals surface area contributed by atoms with Gasteiger partial charge >= 0.3 is 0 Å². The number of Topliss-reactive ketones (excluding diaryl/α,β-unsaturated/α-hetero) is 1. The molecule has 0 heterocycles. The Morgan fingerprint density at radius 3 is 2.20 bits per heavy atom. The SMILES string of the molecule is C=C(C)C(=O)c1ccc(OC(C)C)cc1. The summed E-state index contributed by atoms with van der Waals surface area (Å²) in [5.41, 5.74) is 1.20. The Morgan fingerprint density at radius 1 is 1.27 bits per heavy atom. The average Bonchev–Trinajstić information content (AvgIpc) is 2.17. The van der Waals surface area contributed by atoms with Crippen LogP contribution >= 0.6 is 0 Å². The molecule has 2 nitrogen and oxygen atoms in total. The third kappa shape index (κ3) is 3.24. The molecule has 0 amide bonds. The van der Waals surface area contributed by atoms with Crippen LogP contribution in [0.5, 0.6) is 5.75 Å². The zero-order chi connectivity index (χ0) is 11.4. The van der Waals surface area contributed by atoms with Gasteiger partial charge in [0, 0.05) is 5.56 Å². The van der Waals surface area contributed by atoms with Crippen LogP contribution in [0, 0.1) is 0 Å². The normalized spacial score (nSPS) is 10.1. The number of rotatable bonds is 4. The Balaban J connectivity index is 2.81. The van der Waals surface area contributed by atoms with E-state index in [1.54, 1.807) is 31.2 Å². The smallest absolute Gasteiger partial charge is 0.188 e. The molecule has 0 radical (unpaired) electrons. The standard InChI is InChI=1S/C13H16O2/c1-9(2)13(14)11-5-7-12(8-6-11)15-10(3)4/h5-8,10H,1H2,2-4H3. The summed E-state index contributed by atoms with van der Waals surface area (Å²) in [6.45, 7) is 9.26. The molecule has 15 heavy (non-hydrogen) atoms. The van der Waals surface area contributed by atoms with Gasteiger partial charge in [-0.05, 0) is 50.6 Å². The largest absolute Gasteiger partial charge is 0.491 e. The van der Waals surface area contributed by atoms with Gasteiger partial charge in [0.2, 0.25) is 0 Å². The van der Waals surface area contributed by atoms with E-state index in [1.165, 1.54) is 0 Å². The minimum atomic E-state index is -0.0221. The van der Waals surface area contributed by atoms with Gasteiger partial charge in [-0.2, -0.15) is 0 Å². The highest BCUT2D eigenvalue weighted by Gasteiger charge is 2.06. The number of allylic oxidation sites excluding steroid dienone is 1. The quantitative estimate of drug-likeness (QED) is 0.556. The summed E-state index contributed by atoms with van der Waals surface area (Å²) in [6.07, 6.45) is 0.146. The van der Waals surface area contributed by atoms with Crippen molar-refractivity contribution in [1.29, 1.82) is 0 Å². The van der Waals surface area contributed by atoms with Gasteiger partial charge in [0.05, 0.1) is 6.10 Å². The van der Waals surface area contributed by atoms with Gasteiger partial charge in [-0.15, -0.1) is 0 Å². The molecule has 0 bridgehead atoms. The van der Waals surface area contributed by atoms with Crippen molar-refractivity contribution in [2.24, 2.45) is 0 Å². The van der Waals surface area contributed by atoms with Crippen LogP contribution in [0.3, 0.4) is 0 Å². The van der Waals surface area contributed by atoms with E-state index in [0.717, 1.165) is 5.75 Å². The second kappa shape index (κ2) is 4.78. The van der Waals surface area contributed by atoms with Crippen LogP contribution in [0.2, 0.25) is 0 Å². The highest BCUT2D eigenvalue weighted by atomic mass is 16.5. The van der Waals surface area contributed by atoms with Crippen LogP contribution in [0.25, 0.3) is 0 Å². The second-order valence-electron chi connectivity index (χ2n) is 3.80. The molecule has 0 atom stereocenters. The molecular weight excluding hydrogens is 188 g/mol. The molecule has 0 aliphatic carbocycles. The monoisotopic (exact) mass is 204 g/mol. The number of ether oxygens (including phenoxy) is 1. The fourth-order valence-corrected chi connectivity index (χ4v) is 1.20. The molecule has 0 N–H and O–H groups in total. The Hall–Kier alpha value is -1.57. The van der Waals surface area contributed by atoms with Crippen LogP contribution in [0.15, 0.2) is 36.4 Å². The number of hydrogen-bond acceptors (Lipinski definition) is 2. The lowest BCUT2D eigenvalue weighted by molar-refractivity contribution is 0.103.